The van der Waals surface area contributed by atoms with E-state index in [-0.39, 0.29) is 5.56 Å². The molecule has 2 atom stereocenters. The Kier molecular flexibility index (Phi) is 15.1. The highest BCUT2D eigenvalue weighted by Crippen LogP contribution is 2.41. The number of halogens is 5. The van der Waals surface area contributed by atoms with E-state index < -0.39 is 30.1 Å². The van der Waals surface area contributed by atoms with Crippen LogP contribution in [0.4, 0.5) is 22.0 Å². The molecule has 39 heavy (non-hydrogen) atoms. The lowest BCUT2D eigenvalue weighted by Crippen LogP contribution is -2.26. The van der Waals surface area contributed by atoms with Gasteiger partial charge in [0.05, 0.1) is 11.6 Å². The van der Waals surface area contributed by atoms with Gasteiger partial charge in [0.1, 0.15) is 5.75 Å². The average molecular weight is 558 g/mol. The van der Waals surface area contributed by atoms with E-state index in [1.165, 1.54) is 50.9 Å². The molecule has 4 nitrogen and oxygen atoms in total. The van der Waals surface area contributed by atoms with Gasteiger partial charge in [-0.3, -0.25) is 9.88 Å². The minimum Gasteiger partial charge on any atom is -0.434 e. The van der Waals surface area contributed by atoms with Crippen molar-refractivity contribution in [2.75, 3.05) is 13.6 Å². The summed E-state index contributed by atoms with van der Waals surface area (Å²) >= 11 is 0. The molecule has 0 bridgehead atoms. The smallest absolute Gasteiger partial charge is 0.416 e. The van der Waals surface area contributed by atoms with Crippen LogP contribution in [0.2, 0.25) is 0 Å². The Morgan fingerprint density at radius 1 is 1.08 bits per heavy atom. The van der Waals surface area contributed by atoms with Crippen LogP contribution in [0, 0.1) is 5.92 Å². The fourth-order valence-corrected chi connectivity index (χ4v) is 4.24. The minimum absolute atomic E-state index is 0.182. The maximum absolute atomic E-state index is 13.0. The second kappa shape index (κ2) is 17.1. The van der Waals surface area contributed by atoms with Crippen molar-refractivity contribution in [1.82, 2.24) is 9.88 Å². The number of ether oxygens (including phenoxy) is 1. The number of likely N-dealkylation sites (N-methyl/N-ethyl adjacent to an activating group) is 1. The monoisotopic (exact) mass is 557 g/mol. The molecule has 0 amide bonds. The molecule has 2 unspecified atom stereocenters. The fourth-order valence-electron chi connectivity index (χ4n) is 4.24. The SMILES string of the molecule is CC.CCCCCCC(C)CC.CN1CC=C(N)c2cnccc2C1c1ccc(C(F)(F)F)cc1OC(F)F. The molecule has 0 aliphatic carbocycles. The molecule has 9 heteroatoms. The number of pyridine rings is 1. The van der Waals surface area contributed by atoms with Crippen LogP contribution in [-0.2, 0) is 6.18 Å². The summed E-state index contributed by atoms with van der Waals surface area (Å²) in [6.07, 6.45) is 8.57. The summed E-state index contributed by atoms with van der Waals surface area (Å²) in [6, 6.07) is 3.62. The van der Waals surface area contributed by atoms with Crippen LogP contribution >= 0.6 is 0 Å². The van der Waals surface area contributed by atoms with Gasteiger partial charge < -0.3 is 10.5 Å². The van der Waals surface area contributed by atoms with Gasteiger partial charge in [0.2, 0.25) is 0 Å². The van der Waals surface area contributed by atoms with Gasteiger partial charge in [0.15, 0.2) is 0 Å². The normalized spacial score (nSPS) is 16.1. The van der Waals surface area contributed by atoms with Crippen molar-refractivity contribution >= 4 is 5.70 Å². The number of alkyl halides is 5. The van der Waals surface area contributed by atoms with Gasteiger partial charge in [-0.25, -0.2) is 0 Å². The molecule has 0 saturated carbocycles. The summed E-state index contributed by atoms with van der Waals surface area (Å²) in [7, 11) is 1.72. The van der Waals surface area contributed by atoms with Crippen molar-refractivity contribution in [3.63, 3.8) is 0 Å². The summed E-state index contributed by atoms with van der Waals surface area (Å²) < 4.78 is 69.3. The lowest BCUT2D eigenvalue weighted by atomic mass is 9.93. The van der Waals surface area contributed by atoms with Crippen LogP contribution in [0.15, 0.2) is 42.7 Å². The fraction of sp³-hybridized carbons (Fsp3) is 0.567. The molecule has 1 aromatic heterocycles. The number of fused-ring (bicyclic) bond motifs is 1. The molecule has 1 aromatic carbocycles. The molecular formula is C30H44F5N3O. The van der Waals surface area contributed by atoms with Gasteiger partial charge in [-0.05, 0) is 42.8 Å². The van der Waals surface area contributed by atoms with Gasteiger partial charge >= 0.3 is 12.8 Å². The molecule has 0 saturated heterocycles. The summed E-state index contributed by atoms with van der Waals surface area (Å²) in [5.41, 5.74) is 6.84. The van der Waals surface area contributed by atoms with Crippen LogP contribution in [0.1, 0.15) is 101 Å². The first-order valence-electron chi connectivity index (χ1n) is 13.8. The quantitative estimate of drug-likeness (QED) is 0.247. The molecule has 2 N–H and O–H groups in total. The lowest BCUT2D eigenvalue weighted by Gasteiger charge is -2.29. The van der Waals surface area contributed by atoms with Crippen molar-refractivity contribution < 1.29 is 26.7 Å². The van der Waals surface area contributed by atoms with Crippen molar-refractivity contribution in [1.29, 1.82) is 0 Å². The van der Waals surface area contributed by atoms with E-state index >= 15 is 0 Å². The Balaban J connectivity index is 0.000000537. The van der Waals surface area contributed by atoms with E-state index in [0.29, 0.717) is 29.4 Å². The largest absolute Gasteiger partial charge is 0.434 e. The van der Waals surface area contributed by atoms with Gasteiger partial charge in [-0.2, -0.15) is 22.0 Å². The molecule has 1 aliphatic heterocycles. The number of nitrogens with two attached hydrogens (primary N) is 1. The van der Waals surface area contributed by atoms with E-state index in [2.05, 4.69) is 30.5 Å². The third kappa shape index (κ3) is 10.8. The van der Waals surface area contributed by atoms with Crippen LogP contribution in [-0.4, -0.2) is 30.1 Å². The highest BCUT2D eigenvalue weighted by atomic mass is 19.4. The Morgan fingerprint density at radius 2 is 1.77 bits per heavy atom. The number of hydrogen-bond donors (Lipinski definition) is 1. The van der Waals surface area contributed by atoms with Crippen LogP contribution < -0.4 is 10.5 Å². The number of hydrogen-bond acceptors (Lipinski definition) is 4. The number of nitrogens with zero attached hydrogens (tertiary/aromatic N) is 2. The number of benzene rings is 1. The van der Waals surface area contributed by atoms with Crippen molar-refractivity contribution in [2.45, 2.75) is 92.0 Å². The molecule has 220 valence electrons. The first kappa shape index (κ1) is 34.3. The molecule has 1 aliphatic rings. The minimum atomic E-state index is -4.68. The zero-order chi connectivity index (χ0) is 29.6. The predicted octanol–water partition coefficient (Wildman–Crippen LogP) is 9.07. The maximum atomic E-state index is 13.0. The van der Waals surface area contributed by atoms with Crippen molar-refractivity contribution in [3.05, 3.63) is 65.0 Å². The number of unbranched alkanes of at least 4 members (excludes halogenated alkanes) is 3. The first-order chi connectivity index (χ1) is 18.5. The number of rotatable bonds is 9. The Morgan fingerprint density at radius 3 is 2.36 bits per heavy atom. The molecule has 2 heterocycles. The van der Waals surface area contributed by atoms with Gasteiger partial charge in [-0.15, -0.1) is 0 Å². The lowest BCUT2D eigenvalue weighted by molar-refractivity contribution is -0.138. The molecule has 0 spiro atoms. The summed E-state index contributed by atoms with van der Waals surface area (Å²) in [5, 5.41) is 0. The Bertz CT molecular complexity index is 1010. The second-order valence-electron chi connectivity index (χ2n) is 9.46. The molecule has 0 fully saturated rings. The average Bonchev–Trinajstić information content (AvgIpc) is 3.03. The summed E-state index contributed by atoms with van der Waals surface area (Å²) in [6.45, 7) is 8.00. The molecule has 0 radical (unpaired) electrons. The third-order valence-corrected chi connectivity index (χ3v) is 6.60. The van der Waals surface area contributed by atoms with Crippen LogP contribution in [0.5, 0.6) is 5.75 Å². The van der Waals surface area contributed by atoms with Crippen LogP contribution in [0.25, 0.3) is 5.70 Å². The molecule has 2 aromatic rings. The van der Waals surface area contributed by atoms with E-state index in [9.17, 15) is 22.0 Å². The van der Waals surface area contributed by atoms with E-state index in [0.717, 1.165) is 18.1 Å². The topological polar surface area (TPSA) is 51.4 Å². The highest BCUT2D eigenvalue weighted by molar-refractivity contribution is 5.67. The van der Waals surface area contributed by atoms with Crippen molar-refractivity contribution in [2.24, 2.45) is 11.7 Å². The van der Waals surface area contributed by atoms with Crippen molar-refractivity contribution in [3.8, 4) is 5.75 Å². The standard InChI is InChI=1S/C18H16F5N3O.C10H22.C2H6/c1-26-7-5-14(24)13-9-25-6-4-11(13)16(26)12-3-2-10(18(21,22)23)8-15(12)27-17(19)20;1-4-6-7-8-9-10(3)5-2;1-2/h2-6,8-9,16-17H,7,24H2,1H3;10H,4-9H2,1-3H3;1-2H3. The van der Waals surface area contributed by atoms with E-state index in [4.69, 9.17) is 5.73 Å². The zero-order valence-electron chi connectivity index (χ0n) is 24.0. The third-order valence-electron chi connectivity index (χ3n) is 6.60. The maximum Gasteiger partial charge on any atom is 0.416 e. The Labute approximate surface area is 230 Å². The Hall–Kier alpha value is -2.68. The predicted molar refractivity (Wildman–Crippen MR) is 149 cm³/mol. The van der Waals surface area contributed by atoms with Crippen LogP contribution in [0.3, 0.4) is 0 Å². The van der Waals surface area contributed by atoms with Gasteiger partial charge in [0.25, 0.3) is 0 Å². The summed E-state index contributed by atoms with van der Waals surface area (Å²) in [5.74, 6) is 0.428. The van der Waals surface area contributed by atoms with Gasteiger partial charge in [0, 0.05) is 35.8 Å². The highest BCUT2D eigenvalue weighted by Gasteiger charge is 2.34. The first-order valence-corrected chi connectivity index (χ1v) is 13.8. The molecular weight excluding hydrogens is 513 g/mol. The number of aromatic nitrogens is 1. The van der Waals surface area contributed by atoms with E-state index in [1.54, 1.807) is 24.1 Å². The second-order valence-corrected chi connectivity index (χ2v) is 9.46. The molecule has 3 rings (SSSR count). The zero-order valence-corrected chi connectivity index (χ0v) is 24.0. The van der Waals surface area contributed by atoms with E-state index in [1.807, 2.05) is 13.8 Å². The van der Waals surface area contributed by atoms with Gasteiger partial charge in [-0.1, -0.05) is 79.2 Å². The summed E-state index contributed by atoms with van der Waals surface area (Å²) in [4.78, 5) is 5.80.